The average molecular weight is 278 g/mol. The van der Waals surface area contributed by atoms with Gasteiger partial charge >= 0.3 is 0 Å². The van der Waals surface area contributed by atoms with Gasteiger partial charge in [-0.2, -0.15) is 0 Å². The minimum atomic E-state index is -0.265. The third-order valence-corrected chi connectivity index (χ3v) is 4.75. The highest BCUT2D eigenvalue weighted by molar-refractivity contribution is 5.42. The summed E-state index contributed by atoms with van der Waals surface area (Å²) in [6.07, 6.45) is 5.55. The van der Waals surface area contributed by atoms with E-state index in [4.69, 9.17) is 10.5 Å². The van der Waals surface area contributed by atoms with Gasteiger partial charge in [-0.05, 0) is 44.8 Å². The first kappa shape index (κ1) is 13.8. The summed E-state index contributed by atoms with van der Waals surface area (Å²) in [7, 11) is 0. The Bertz CT molecular complexity index is 474. The van der Waals surface area contributed by atoms with Crippen molar-refractivity contribution in [3.05, 3.63) is 29.6 Å². The maximum absolute atomic E-state index is 14.1. The lowest BCUT2D eigenvalue weighted by molar-refractivity contribution is 0.0623. The first-order valence-electron chi connectivity index (χ1n) is 7.65. The summed E-state index contributed by atoms with van der Waals surface area (Å²) in [4.78, 5) is 2.46. The fourth-order valence-corrected chi connectivity index (χ4v) is 3.69. The molecule has 0 aliphatic carbocycles. The van der Waals surface area contributed by atoms with E-state index < -0.39 is 0 Å². The molecule has 0 spiro atoms. The number of nitrogens with zero attached hydrogens (tertiary/aromatic N) is 1. The van der Waals surface area contributed by atoms with E-state index in [9.17, 15) is 4.39 Å². The molecule has 0 amide bonds. The molecule has 1 aromatic rings. The zero-order chi connectivity index (χ0) is 14.0. The Kier molecular flexibility index (Phi) is 3.94. The van der Waals surface area contributed by atoms with Crippen LogP contribution >= 0.6 is 0 Å². The average Bonchev–Trinajstić information content (AvgIpc) is 2.69. The summed E-state index contributed by atoms with van der Waals surface area (Å²) in [5, 5.41) is 0. The molecule has 3 rings (SSSR count). The fourth-order valence-electron chi connectivity index (χ4n) is 3.69. The summed E-state index contributed by atoms with van der Waals surface area (Å²) < 4.78 is 19.8. The standard InChI is InChI=1S/C16H23FN2O/c17-14-7-4-6-13-15(14)20-11-5-8-16(13,12-18)19-9-2-1-3-10-19/h4,6-7H,1-3,5,8-12,18H2. The molecule has 20 heavy (non-hydrogen) atoms. The van der Waals surface area contributed by atoms with Gasteiger partial charge < -0.3 is 10.5 Å². The van der Waals surface area contributed by atoms with Gasteiger partial charge in [0.05, 0.1) is 12.1 Å². The van der Waals surface area contributed by atoms with E-state index in [1.807, 2.05) is 6.07 Å². The maximum atomic E-state index is 14.1. The minimum Gasteiger partial charge on any atom is -0.490 e. The summed E-state index contributed by atoms with van der Waals surface area (Å²) in [6.45, 7) is 3.19. The van der Waals surface area contributed by atoms with Crippen LogP contribution in [0.25, 0.3) is 0 Å². The molecule has 1 saturated heterocycles. The third-order valence-electron chi connectivity index (χ3n) is 4.75. The van der Waals surface area contributed by atoms with Crippen molar-refractivity contribution >= 4 is 0 Å². The zero-order valence-corrected chi connectivity index (χ0v) is 11.9. The summed E-state index contributed by atoms with van der Waals surface area (Å²) in [6, 6.07) is 5.24. The normalized spacial score (nSPS) is 27.5. The van der Waals surface area contributed by atoms with Crippen molar-refractivity contribution in [1.29, 1.82) is 0 Å². The van der Waals surface area contributed by atoms with Crippen molar-refractivity contribution in [3.63, 3.8) is 0 Å². The lowest BCUT2D eigenvalue weighted by atomic mass is 9.82. The van der Waals surface area contributed by atoms with Crippen molar-refractivity contribution in [2.24, 2.45) is 5.73 Å². The van der Waals surface area contributed by atoms with Gasteiger partial charge in [-0.25, -0.2) is 4.39 Å². The second-order valence-corrected chi connectivity index (χ2v) is 5.85. The fraction of sp³-hybridized carbons (Fsp3) is 0.625. The molecule has 110 valence electrons. The number of nitrogens with two attached hydrogens (primary N) is 1. The number of ether oxygens (including phenoxy) is 1. The lowest BCUT2D eigenvalue weighted by Gasteiger charge is -2.45. The van der Waals surface area contributed by atoms with Crippen LogP contribution in [-0.4, -0.2) is 31.1 Å². The summed E-state index contributed by atoms with van der Waals surface area (Å²) in [5.41, 5.74) is 6.87. The van der Waals surface area contributed by atoms with Gasteiger partial charge in [0.25, 0.3) is 0 Å². The van der Waals surface area contributed by atoms with Crippen LogP contribution in [-0.2, 0) is 5.54 Å². The number of rotatable bonds is 2. The zero-order valence-electron chi connectivity index (χ0n) is 11.9. The number of likely N-dealkylation sites (tertiary alicyclic amines) is 1. The second kappa shape index (κ2) is 5.70. The van der Waals surface area contributed by atoms with Crippen molar-refractivity contribution < 1.29 is 9.13 Å². The van der Waals surface area contributed by atoms with Gasteiger partial charge in [-0.3, -0.25) is 4.90 Å². The first-order chi connectivity index (χ1) is 9.78. The molecule has 1 aromatic carbocycles. The van der Waals surface area contributed by atoms with Crippen molar-refractivity contribution in [1.82, 2.24) is 4.90 Å². The van der Waals surface area contributed by atoms with E-state index in [2.05, 4.69) is 4.90 Å². The first-order valence-corrected chi connectivity index (χ1v) is 7.65. The molecule has 2 heterocycles. The molecule has 1 fully saturated rings. The topological polar surface area (TPSA) is 38.5 Å². The SMILES string of the molecule is NCC1(N2CCCCC2)CCCOc2c(F)cccc21. The van der Waals surface area contributed by atoms with Crippen LogP contribution in [0.1, 0.15) is 37.7 Å². The van der Waals surface area contributed by atoms with Crippen LogP contribution in [0.4, 0.5) is 4.39 Å². The van der Waals surface area contributed by atoms with E-state index in [0.717, 1.165) is 31.5 Å². The maximum Gasteiger partial charge on any atom is 0.165 e. The van der Waals surface area contributed by atoms with E-state index in [0.29, 0.717) is 18.9 Å². The smallest absolute Gasteiger partial charge is 0.165 e. The Labute approximate surface area is 119 Å². The number of benzene rings is 1. The number of hydrogen-bond donors (Lipinski definition) is 1. The quantitative estimate of drug-likeness (QED) is 0.904. The van der Waals surface area contributed by atoms with Crippen LogP contribution < -0.4 is 10.5 Å². The Morgan fingerprint density at radius 3 is 2.75 bits per heavy atom. The van der Waals surface area contributed by atoms with Gasteiger partial charge in [0, 0.05) is 12.1 Å². The van der Waals surface area contributed by atoms with E-state index in [1.54, 1.807) is 6.07 Å². The number of para-hydroxylation sites is 1. The Morgan fingerprint density at radius 1 is 1.20 bits per heavy atom. The lowest BCUT2D eigenvalue weighted by Crippen LogP contribution is -2.53. The van der Waals surface area contributed by atoms with Gasteiger partial charge in [-0.15, -0.1) is 0 Å². The van der Waals surface area contributed by atoms with Gasteiger partial charge in [0.1, 0.15) is 0 Å². The number of piperidine rings is 1. The van der Waals surface area contributed by atoms with Gasteiger partial charge in [0.2, 0.25) is 0 Å². The monoisotopic (exact) mass is 278 g/mol. The Morgan fingerprint density at radius 2 is 2.00 bits per heavy atom. The van der Waals surface area contributed by atoms with Crippen molar-refractivity contribution in [2.75, 3.05) is 26.2 Å². The molecular weight excluding hydrogens is 255 g/mol. The highest BCUT2D eigenvalue weighted by atomic mass is 19.1. The van der Waals surface area contributed by atoms with Crippen LogP contribution in [0.2, 0.25) is 0 Å². The largest absolute Gasteiger partial charge is 0.490 e. The molecule has 1 unspecified atom stereocenters. The molecule has 0 bridgehead atoms. The van der Waals surface area contributed by atoms with Crippen LogP contribution in [0, 0.1) is 5.82 Å². The second-order valence-electron chi connectivity index (χ2n) is 5.85. The van der Waals surface area contributed by atoms with E-state index in [-0.39, 0.29) is 11.4 Å². The molecule has 1 atom stereocenters. The minimum absolute atomic E-state index is 0.256. The van der Waals surface area contributed by atoms with Gasteiger partial charge in [-0.1, -0.05) is 18.6 Å². The summed E-state index contributed by atoms with van der Waals surface area (Å²) >= 11 is 0. The molecule has 2 N–H and O–H groups in total. The van der Waals surface area contributed by atoms with Crippen LogP contribution in [0.15, 0.2) is 18.2 Å². The Hall–Kier alpha value is -1.13. The highest BCUT2D eigenvalue weighted by Crippen LogP contribution is 2.42. The molecule has 2 aliphatic heterocycles. The number of fused-ring (bicyclic) bond motifs is 1. The van der Waals surface area contributed by atoms with E-state index in [1.165, 1.54) is 25.3 Å². The molecule has 4 heteroatoms. The van der Waals surface area contributed by atoms with Crippen molar-refractivity contribution in [3.8, 4) is 5.75 Å². The predicted molar refractivity (Wildman–Crippen MR) is 77.3 cm³/mol. The van der Waals surface area contributed by atoms with Gasteiger partial charge in [0.15, 0.2) is 11.6 Å². The molecule has 0 aromatic heterocycles. The van der Waals surface area contributed by atoms with E-state index >= 15 is 0 Å². The predicted octanol–water partition coefficient (Wildman–Crippen LogP) is 2.64. The highest BCUT2D eigenvalue weighted by Gasteiger charge is 2.41. The molecule has 3 nitrogen and oxygen atoms in total. The number of hydrogen-bond acceptors (Lipinski definition) is 3. The number of halogens is 1. The Balaban J connectivity index is 2.07. The molecule has 2 aliphatic rings. The molecule has 0 radical (unpaired) electrons. The third kappa shape index (κ3) is 2.21. The van der Waals surface area contributed by atoms with Crippen LogP contribution in [0.5, 0.6) is 5.75 Å². The molecular formula is C16H23FN2O. The van der Waals surface area contributed by atoms with Crippen molar-refractivity contribution in [2.45, 2.75) is 37.6 Å². The molecule has 0 saturated carbocycles. The summed E-state index contributed by atoms with van der Waals surface area (Å²) in [5.74, 6) is 0.153. The van der Waals surface area contributed by atoms with Crippen LogP contribution in [0.3, 0.4) is 0 Å².